The minimum atomic E-state index is -0.601. The predicted octanol–water partition coefficient (Wildman–Crippen LogP) is 3.57. The number of aromatic nitrogens is 2. The van der Waals surface area contributed by atoms with Gasteiger partial charge in [-0.3, -0.25) is 9.78 Å². The fraction of sp³-hybridized carbons (Fsp3) is 0.400. The van der Waals surface area contributed by atoms with Gasteiger partial charge in [0.2, 0.25) is 5.91 Å². The van der Waals surface area contributed by atoms with Crippen molar-refractivity contribution in [1.29, 1.82) is 0 Å². The molecular weight excluding hydrogens is 559 g/mol. The normalized spacial score (nSPS) is 19.2. The second kappa shape index (κ2) is 13.2. The number of piperidine rings is 1. The first-order valence-corrected chi connectivity index (χ1v) is 12.8. The molecular formula is C25H29Cl2F2N5O3S. The molecule has 2 aliphatic heterocycles. The summed E-state index contributed by atoms with van der Waals surface area (Å²) in [5.41, 5.74) is 2.15. The molecule has 3 N–H and O–H groups in total. The number of nitrogens with zero attached hydrogens (tertiary/aromatic N) is 3. The summed E-state index contributed by atoms with van der Waals surface area (Å²) >= 11 is 1.42. The number of nitrogens with one attached hydrogen (secondary N) is 2. The van der Waals surface area contributed by atoms with Crippen molar-refractivity contribution in [1.82, 2.24) is 20.2 Å². The van der Waals surface area contributed by atoms with Gasteiger partial charge in [-0.15, -0.1) is 24.8 Å². The molecule has 2 atom stereocenters. The van der Waals surface area contributed by atoms with Crippen LogP contribution in [0.25, 0.3) is 10.9 Å². The molecule has 1 amide bonds. The maximum absolute atomic E-state index is 14.6. The molecule has 1 aromatic carbocycles. The maximum Gasteiger partial charge on any atom is 0.234 e. The van der Waals surface area contributed by atoms with E-state index in [-0.39, 0.29) is 42.3 Å². The second-order valence-electron chi connectivity index (χ2n) is 9.02. The third-order valence-corrected chi connectivity index (χ3v) is 7.63. The first-order chi connectivity index (χ1) is 17.4. The number of carbonyl (C=O) groups is 1. The van der Waals surface area contributed by atoms with E-state index in [4.69, 9.17) is 4.74 Å². The Hall–Kier alpha value is -2.28. The summed E-state index contributed by atoms with van der Waals surface area (Å²) in [5.74, 6) is -0.390. The first kappa shape index (κ1) is 30.3. The van der Waals surface area contributed by atoms with Gasteiger partial charge in [0.1, 0.15) is 22.1 Å². The minimum Gasteiger partial charge on any atom is -0.497 e. The Morgan fingerprint density at radius 1 is 1.21 bits per heavy atom. The number of aliphatic hydroxyl groups is 1. The number of β-amino-alcohol motifs (C(OH)–C–C–N with tert-alkyl or cyclic N) is 1. The molecule has 8 nitrogen and oxygen atoms in total. The maximum atomic E-state index is 14.6. The summed E-state index contributed by atoms with van der Waals surface area (Å²) in [5, 5.41) is 18.2. The van der Waals surface area contributed by atoms with Gasteiger partial charge in [0, 0.05) is 48.9 Å². The van der Waals surface area contributed by atoms with E-state index in [1.807, 2.05) is 6.07 Å². The third-order valence-electron chi connectivity index (χ3n) is 6.63. The molecule has 5 rings (SSSR count). The van der Waals surface area contributed by atoms with Crippen molar-refractivity contribution in [3.8, 4) is 5.75 Å². The molecule has 3 aromatic rings. The Morgan fingerprint density at radius 2 is 2.03 bits per heavy atom. The fourth-order valence-electron chi connectivity index (χ4n) is 4.71. The first-order valence-electron chi connectivity index (χ1n) is 11.8. The summed E-state index contributed by atoms with van der Waals surface area (Å²) in [7, 11) is 1.44. The molecule has 0 unspecified atom stereocenters. The highest BCUT2D eigenvalue weighted by Crippen LogP contribution is 2.30. The third kappa shape index (κ3) is 6.64. The highest BCUT2D eigenvalue weighted by molar-refractivity contribution is 8.00. The molecule has 0 spiro atoms. The fourth-order valence-corrected chi connectivity index (χ4v) is 5.44. The van der Waals surface area contributed by atoms with Crippen LogP contribution in [0, 0.1) is 11.6 Å². The Labute approximate surface area is 235 Å². The largest absolute Gasteiger partial charge is 0.497 e. The van der Waals surface area contributed by atoms with E-state index in [9.17, 15) is 18.7 Å². The highest BCUT2D eigenvalue weighted by Gasteiger charge is 2.28. The molecule has 1 fully saturated rings. The molecule has 0 bridgehead atoms. The van der Waals surface area contributed by atoms with Crippen molar-refractivity contribution in [3.63, 3.8) is 0 Å². The van der Waals surface area contributed by atoms with Crippen molar-refractivity contribution in [3.05, 3.63) is 53.4 Å². The van der Waals surface area contributed by atoms with E-state index >= 15 is 0 Å². The van der Waals surface area contributed by atoms with Gasteiger partial charge in [-0.05, 0) is 37.1 Å². The van der Waals surface area contributed by atoms with E-state index in [0.29, 0.717) is 54.9 Å². The van der Waals surface area contributed by atoms with Crippen LogP contribution in [0.4, 0.5) is 14.5 Å². The van der Waals surface area contributed by atoms with Crippen molar-refractivity contribution in [2.24, 2.45) is 0 Å². The number of methoxy groups -OCH3 is 1. The van der Waals surface area contributed by atoms with Crippen molar-refractivity contribution < 1.29 is 23.4 Å². The zero-order chi connectivity index (χ0) is 25.2. The van der Waals surface area contributed by atoms with Crippen LogP contribution in [-0.2, 0) is 17.8 Å². The van der Waals surface area contributed by atoms with Gasteiger partial charge < -0.3 is 25.4 Å². The number of hydrogen-bond donors (Lipinski definition) is 3. The molecule has 2 aromatic heterocycles. The Balaban J connectivity index is 0.00000200. The number of aliphatic hydroxyl groups excluding tert-OH is 1. The minimum absolute atomic E-state index is 0. The number of ether oxygens (including phenoxy) is 1. The zero-order valence-corrected chi connectivity index (χ0v) is 23.0. The SMILES string of the molecule is COc1cc(F)c2ncc(F)c(CCN3CC[C@H](NCc4cnc5c(c4)NC(=O)CS5)[C@H](O)C3)c2c1.Cl.Cl. The smallest absolute Gasteiger partial charge is 0.234 e. The van der Waals surface area contributed by atoms with Gasteiger partial charge in [-0.1, -0.05) is 11.8 Å². The number of likely N-dealkylation sites (tertiary alicyclic amines) is 1. The van der Waals surface area contributed by atoms with Crippen molar-refractivity contribution >= 4 is 59.1 Å². The van der Waals surface area contributed by atoms with E-state index in [1.165, 1.54) is 24.9 Å². The van der Waals surface area contributed by atoms with Gasteiger partial charge in [0.25, 0.3) is 0 Å². The Bertz CT molecular complexity index is 1310. The van der Waals surface area contributed by atoms with E-state index < -0.39 is 17.7 Å². The van der Waals surface area contributed by atoms with Gasteiger partial charge in [-0.2, -0.15) is 0 Å². The van der Waals surface area contributed by atoms with Crippen LogP contribution in [0.15, 0.2) is 35.6 Å². The predicted molar refractivity (Wildman–Crippen MR) is 148 cm³/mol. The van der Waals surface area contributed by atoms with Crippen LogP contribution < -0.4 is 15.4 Å². The number of hydrogen-bond acceptors (Lipinski definition) is 8. The average Bonchev–Trinajstić information content (AvgIpc) is 2.87. The number of carbonyl (C=O) groups excluding carboxylic acids is 1. The standard InChI is InChI=1S/C25H27F2N5O3S.2ClH/c1-35-15-7-17-16(19(27)11-29-24(17)18(26)8-15)2-4-32-5-3-20(22(33)12-32)28-9-14-6-21-25(30-10-14)36-13-23(34)31-21;;/h6-8,10-11,20,22,28,33H,2-5,9,12-13H2,1H3,(H,31,34);2*1H/t20-,22+;;/m0../s1. The number of benzene rings is 1. The van der Waals surface area contributed by atoms with Crippen LogP contribution in [0.3, 0.4) is 0 Å². The summed E-state index contributed by atoms with van der Waals surface area (Å²) in [6, 6.07) is 4.65. The molecule has 0 aliphatic carbocycles. The van der Waals surface area contributed by atoms with Crippen molar-refractivity contribution in [2.75, 3.05) is 37.8 Å². The van der Waals surface area contributed by atoms with E-state index in [0.717, 1.165) is 29.0 Å². The van der Waals surface area contributed by atoms with Crippen LogP contribution in [0.2, 0.25) is 0 Å². The monoisotopic (exact) mass is 587 g/mol. The number of halogens is 4. The number of amides is 1. The topological polar surface area (TPSA) is 99.6 Å². The van der Waals surface area contributed by atoms with E-state index in [1.54, 1.807) is 12.3 Å². The van der Waals surface area contributed by atoms with Crippen LogP contribution in [0.1, 0.15) is 17.5 Å². The number of fused-ring (bicyclic) bond motifs is 2. The molecule has 38 heavy (non-hydrogen) atoms. The summed E-state index contributed by atoms with van der Waals surface area (Å²) in [6.07, 6.45) is 3.30. The molecule has 13 heteroatoms. The lowest BCUT2D eigenvalue weighted by atomic mass is 10.00. The number of rotatable bonds is 7. The molecule has 0 saturated carbocycles. The lowest BCUT2D eigenvalue weighted by Gasteiger charge is -2.36. The lowest BCUT2D eigenvalue weighted by Crippen LogP contribution is -2.52. The zero-order valence-electron chi connectivity index (χ0n) is 20.6. The molecule has 1 saturated heterocycles. The summed E-state index contributed by atoms with van der Waals surface area (Å²) in [6.45, 7) is 2.20. The van der Waals surface area contributed by atoms with E-state index in [2.05, 4.69) is 25.5 Å². The summed E-state index contributed by atoms with van der Waals surface area (Å²) in [4.78, 5) is 22.0. The second-order valence-corrected chi connectivity index (χ2v) is 9.98. The Morgan fingerprint density at radius 3 is 2.79 bits per heavy atom. The summed E-state index contributed by atoms with van der Waals surface area (Å²) < 4.78 is 34.2. The molecule has 2 aliphatic rings. The van der Waals surface area contributed by atoms with Crippen molar-refractivity contribution in [2.45, 2.75) is 36.6 Å². The Kier molecular flexibility index (Phi) is 10.5. The molecule has 4 heterocycles. The highest BCUT2D eigenvalue weighted by atomic mass is 35.5. The number of thioether (sulfide) groups is 1. The lowest BCUT2D eigenvalue weighted by molar-refractivity contribution is -0.113. The van der Waals surface area contributed by atoms with Gasteiger partial charge >= 0.3 is 0 Å². The van der Waals surface area contributed by atoms with Crippen LogP contribution >= 0.6 is 36.6 Å². The quantitative estimate of drug-likeness (QED) is 0.386. The van der Waals surface area contributed by atoms with Gasteiger partial charge in [-0.25, -0.2) is 13.8 Å². The van der Waals surface area contributed by atoms with Gasteiger partial charge in [0.05, 0.1) is 30.9 Å². The molecule has 0 radical (unpaired) electrons. The van der Waals surface area contributed by atoms with Crippen LogP contribution in [0.5, 0.6) is 5.75 Å². The van der Waals surface area contributed by atoms with Crippen LogP contribution in [-0.4, -0.2) is 70.5 Å². The average molecular weight is 589 g/mol. The molecule has 206 valence electrons. The number of pyridine rings is 2. The number of anilines is 1. The van der Waals surface area contributed by atoms with Gasteiger partial charge in [0.15, 0.2) is 5.82 Å².